The highest BCUT2D eigenvalue weighted by molar-refractivity contribution is 7.07. The van der Waals surface area contributed by atoms with Gasteiger partial charge >= 0.3 is 0 Å². The van der Waals surface area contributed by atoms with E-state index in [-0.39, 0.29) is 5.56 Å². The number of likely N-dealkylation sites (N-methyl/N-ethyl adjacent to an activating group) is 1. The zero-order chi connectivity index (χ0) is 16.4. The van der Waals surface area contributed by atoms with Gasteiger partial charge < -0.3 is 4.90 Å². The largest absolute Gasteiger partial charge is 0.350 e. The molecule has 4 nitrogen and oxygen atoms in total. The van der Waals surface area contributed by atoms with E-state index < -0.39 is 0 Å². The highest BCUT2D eigenvalue weighted by atomic mass is 32.1. The second-order valence-corrected chi connectivity index (χ2v) is 6.43. The minimum absolute atomic E-state index is 0.0733. The highest BCUT2D eigenvalue weighted by Gasteiger charge is 2.11. The molecule has 1 aliphatic heterocycles. The first-order valence-corrected chi connectivity index (χ1v) is 8.41. The van der Waals surface area contributed by atoms with Crippen molar-refractivity contribution in [2.45, 2.75) is 13.5 Å². The molecule has 2 aromatic rings. The summed E-state index contributed by atoms with van der Waals surface area (Å²) in [6.45, 7) is 2.67. The van der Waals surface area contributed by atoms with E-state index in [0.717, 1.165) is 20.6 Å². The molecule has 0 unspecified atom stereocenters. The highest BCUT2D eigenvalue weighted by Crippen LogP contribution is 2.08. The molecule has 1 aliphatic rings. The van der Waals surface area contributed by atoms with Crippen molar-refractivity contribution in [3.63, 3.8) is 0 Å². The third-order valence-corrected chi connectivity index (χ3v) is 5.02. The molecule has 0 aromatic carbocycles. The maximum absolute atomic E-state index is 12.8. The van der Waals surface area contributed by atoms with Crippen LogP contribution in [0.25, 0.3) is 11.8 Å². The molecule has 0 aliphatic carbocycles. The van der Waals surface area contributed by atoms with Crippen LogP contribution in [0.2, 0.25) is 0 Å². The number of nitrogens with zero attached hydrogens (tertiary/aromatic N) is 3. The smallest absolute Gasteiger partial charge is 0.271 e. The number of aromatic nitrogens is 2. The van der Waals surface area contributed by atoms with Crippen molar-refractivity contribution in [2.24, 2.45) is 7.05 Å². The van der Waals surface area contributed by atoms with Crippen LogP contribution in [0.15, 0.2) is 53.6 Å². The summed E-state index contributed by atoms with van der Waals surface area (Å²) < 4.78 is 5.63. The Balaban J connectivity index is 2.29. The first-order chi connectivity index (χ1) is 11.1. The molecule has 0 atom stereocenters. The number of pyridine rings is 1. The molecule has 23 heavy (non-hydrogen) atoms. The molecule has 0 spiro atoms. The SMILES string of the molecule is CCn1c(=O)/c(=C2\C=CC=CN2C)s/c1=C\c1cccc[n+]1C. The third kappa shape index (κ3) is 2.92. The lowest BCUT2D eigenvalue weighted by Gasteiger charge is -2.16. The number of rotatable bonds is 2. The fourth-order valence-electron chi connectivity index (χ4n) is 2.57. The molecule has 0 N–H and O–H groups in total. The standard InChI is InChI=1S/C18H20N3OS/c1-4-21-16(13-14-9-5-7-11-19(14)2)23-17(18(21)22)15-10-6-8-12-20(15)3/h5-13H,4H2,1-3H3/q+1/b17-15-. The van der Waals surface area contributed by atoms with Crippen molar-refractivity contribution < 1.29 is 4.57 Å². The minimum atomic E-state index is 0.0733. The Kier molecular flexibility index (Phi) is 4.30. The third-order valence-electron chi connectivity index (χ3n) is 3.88. The maximum Gasteiger partial charge on any atom is 0.271 e. The van der Waals surface area contributed by atoms with Crippen LogP contribution in [0.3, 0.4) is 0 Å². The molecule has 0 fully saturated rings. The van der Waals surface area contributed by atoms with E-state index in [9.17, 15) is 4.79 Å². The average molecular weight is 326 g/mol. The first kappa shape index (κ1) is 15.5. The van der Waals surface area contributed by atoms with Gasteiger partial charge in [-0.2, -0.15) is 0 Å². The van der Waals surface area contributed by atoms with Crippen LogP contribution < -0.4 is 19.3 Å². The summed E-state index contributed by atoms with van der Waals surface area (Å²) in [4.78, 5) is 14.8. The fourth-order valence-corrected chi connectivity index (χ4v) is 3.79. The predicted octanol–water partition coefficient (Wildman–Crippen LogP) is 0.706. The lowest BCUT2D eigenvalue weighted by Crippen LogP contribution is -2.35. The molecule has 3 rings (SSSR count). The van der Waals surface area contributed by atoms with E-state index in [0.29, 0.717) is 6.54 Å². The van der Waals surface area contributed by atoms with E-state index >= 15 is 0 Å². The molecular formula is C18H20N3OS+. The monoisotopic (exact) mass is 326 g/mol. The molecule has 118 valence electrons. The number of thiazole rings is 1. The summed E-state index contributed by atoms with van der Waals surface area (Å²) in [6.07, 6.45) is 12.0. The van der Waals surface area contributed by atoms with Crippen LogP contribution in [0.4, 0.5) is 0 Å². The van der Waals surface area contributed by atoms with E-state index in [1.54, 1.807) is 11.3 Å². The fraction of sp³-hybridized carbons (Fsp3) is 0.222. The topological polar surface area (TPSA) is 29.1 Å². The Labute approximate surface area is 139 Å². The summed E-state index contributed by atoms with van der Waals surface area (Å²) in [5.41, 5.74) is 2.09. The predicted molar refractivity (Wildman–Crippen MR) is 94.1 cm³/mol. The normalized spacial score (nSPS) is 17.2. The maximum atomic E-state index is 12.8. The van der Waals surface area contributed by atoms with Gasteiger partial charge in [-0.1, -0.05) is 6.08 Å². The molecule has 3 heterocycles. The Morgan fingerprint density at radius 2 is 2.13 bits per heavy atom. The van der Waals surface area contributed by atoms with Crippen molar-refractivity contribution in [2.75, 3.05) is 7.05 Å². The second kappa shape index (κ2) is 6.38. The van der Waals surface area contributed by atoms with Gasteiger partial charge in [0.1, 0.15) is 16.2 Å². The Hall–Kier alpha value is -2.40. The molecular weight excluding hydrogens is 306 g/mol. The van der Waals surface area contributed by atoms with Gasteiger partial charge in [0, 0.05) is 38.0 Å². The number of aryl methyl sites for hydroxylation is 1. The number of hydrogen-bond acceptors (Lipinski definition) is 3. The quantitative estimate of drug-likeness (QED) is 0.761. The van der Waals surface area contributed by atoms with E-state index in [1.165, 1.54) is 0 Å². The second-order valence-electron chi connectivity index (χ2n) is 5.40. The van der Waals surface area contributed by atoms with Crippen LogP contribution in [-0.4, -0.2) is 16.5 Å². The summed E-state index contributed by atoms with van der Waals surface area (Å²) >= 11 is 1.54. The first-order valence-electron chi connectivity index (χ1n) is 7.60. The van der Waals surface area contributed by atoms with Crippen LogP contribution in [-0.2, 0) is 13.6 Å². The zero-order valence-electron chi connectivity index (χ0n) is 13.6. The van der Waals surface area contributed by atoms with Crippen molar-refractivity contribution in [1.82, 2.24) is 9.47 Å². The van der Waals surface area contributed by atoms with Crippen molar-refractivity contribution >= 4 is 23.1 Å². The summed E-state index contributed by atoms with van der Waals surface area (Å²) in [5, 5.41) is 0. The molecule has 0 saturated carbocycles. The van der Waals surface area contributed by atoms with Crippen LogP contribution in [0.5, 0.6) is 0 Å². The molecule has 5 heteroatoms. The minimum Gasteiger partial charge on any atom is -0.350 e. The van der Waals surface area contributed by atoms with Gasteiger partial charge in [-0.15, -0.1) is 11.3 Å². The van der Waals surface area contributed by atoms with Crippen LogP contribution >= 0.6 is 11.3 Å². The van der Waals surface area contributed by atoms with Crippen LogP contribution in [0.1, 0.15) is 12.6 Å². The lowest BCUT2D eigenvalue weighted by molar-refractivity contribution is -0.673. The number of hydrogen-bond donors (Lipinski definition) is 0. The van der Waals surface area contributed by atoms with E-state index in [1.807, 2.05) is 83.9 Å². The van der Waals surface area contributed by atoms with Gasteiger partial charge in [-0.3, -0.25) is 9.36 Å². The van der Waals surface area contributed by atoms with E-state index in [4.69, 9.17) is 0 Å². The van der Waals surface area contributed by atoms with Gasteiger partial charge in [0.25, 0.3) is 5.56 Å². The molecule has 0 bridgehead atoms. The van der Waals surface area contributed by atoms with Crippen molar-refractivity contribution in [3.8, 4) is 0 Å². The Morgan fingerprint density at radius 1 is 1.30 bits per heavy atom. The van der Waals surface area contributed by atoms with Crippen molar-refractivity contribution in [1.29, 1.82) is 0 Å². The van der Waals surface area contributed by atoms with Crippen LogP contribution in [0, 0.1) is 0 Å². The van der Waals surface area contributed by atoms with Gasteiger partial charge in [0.2, 0.25) is 5.69 Å². The molecule has 0 radical (unpaired) electrons. The summed E-state index contributed by atoms with van der Waals surface area (Å²) in [5.74, 6) is 0. The lowest BCUT2D eigenvalue weighted by atomic mass is 10.3. The van der Waals surface area contributed by atoms with E-state index in [2.05, 4.69) is 6.08 Å². The Morgan fingerprint density at radius 3 is 2.83 bits per heavy atom. The van der Waals surface area contributed by atoms with Crippen molar-refractivity contribution in [3.05, 3.63) is 74.1 Å². The van der Waals surface area contributed by atoms with Gasteiger partial charge in [0.05, 0.1) is 5.70 Å². The zero-order valence-corrected chi connectivity index (χ0v) is 14.4. The Bertz CT molecular complexity index is 963. The van der Waals surface area contributed by atoms with Gasteiger partial charge in [0.15, 0.2) is 6.20 Å². The average Bonchev–Trinajstić information content (AvgIpc) is 2.86. The van der Waals surface area contributed by atoms with Gasteiger partial charge in [-0.25, -0.2) is 4.57 Å². The summed E-state index contributed by atoms with van der Waals surface area (Å²) in [7, 11) is 3.97. The molecule has 2 aromatic heterocycles. The summed E-state index contributed by atoms with van der Waals surface area (Å²) in [6, 6.07) is 6.05. The van der Waals surface area contributed by atoms with Gasteiger partial charge in [-0.05, 0) is 25.1 Å². The molecule has 0 amide bonds. The number of allylic oxidation sites excluding steroid dienone is 2. The molecule has 0 saturated heterocycles.